The monoisotopic (exact) mass is 1400 g/mol. The molecule has 510 valence electrons. The van der Waals surface area contributed by atoms with E-state index in [4.69, 9.17) is 44.9 Å². The summed E-state index contributed by atoms with van der Waals surface area (Å²) >= 11 is 0. The number of anilines is 6. The molecule has 14 nitrogen and oxygen atoms in total. The van der Waals surface area contributed by atoms with Crippen LogP contribution in [0, 0.1) is 22.7 Å². The molecule has 0 fully saturated rings. The number of benzene rings is 14. The SMILES string of the molecule is N#Cc1ccc2c(c1)N(c1ccccc1)c1cc(-c3ccc4c(c3)c3cc(-c5nc(-c6ccccc6)nc(-c6ccccc6)n5)ccc3n4-c3ccc(-c4nc(-c5ccccc5)nc(-c5ccccc5)n4)cc3-c3nc(-c4ccccc4)nc(-c4ccccc4)n3)cc3c1B2c1ccc(C#N)cc1N3c1ccccc1. The van der Waals surface area contributed by atoms with E-state index in [0.717, 1.165) is 128 Å². The maximum atomic E-state index is 10.7. The first-order valence-electron chi connectivity index (χ1n) is 36.2. The van der Waals surface area contributed by atoms with E-state index in [1.807, 2.05) is 218 Å². The molecule has 0 saturated heterocycles. The average molecular weight is 1410 g/mol. The van der Waals surface area contributed by atoms with Gasteiger partial charge in [0.1, 0.15) is 0 Å². The molecule has 18 aromatic rings. The second kappa shape index (κ2) is 26.9. The fourth-order valence-corrected chi connectivity index (χ4v) is 15.5. The van der Waals surface area contributed by atoms with Gasteiger partial charge in [0, 0.05) is 95.0 Å². The highest BCUT2D eigenvalue weighted by atomic mass is 15.2. The smallest absolute Gasteiger partial charge is 0.252 e. The highest BCUT2D eigenvalue weighted by Crippen LogP contribution is 2.48. The largest absolute Gasteiger partial charge is 0.311 e. The third-order valence-corrected chi connectivity index (χ3v) is 20.5. The quantitative estimate of drug-likeness (QED) is 0.0998. The lowest BCUT2D eigenvalue weighted by Gasteiger charge is -2.44. The van der Waals surface area contributed by atoms with Gasteiger partial charge in [0.2, 0.25) is 0 Å². The van der Waals surface area contributed by atoms with Crippen LogP contribution in [-0.4, -0.2) is 56.1 Å². The van der Waals surface area contributed by atoms with Crippen molar-refractivity contribution in [2.75, 3.05) is 9.80 Å². The molecule has 2 aliphatic rings. The summed E-state index contributed by atoms with van der Waals surface area (Å²) in [5.41, 5.74) is 21.4. The summed E-state index contributed by atoms with van der Waals surface area (Å²) in [5, 5.41) is 23.2. The number of rotatable bonds is 13. The Bertz CT molecular complexity index is 6440. The van der Waals surface area contributed by atoms with Gasteiger partial charge in [0.15, 0.2) is 52.4 Å². The minimum absolute atomic E-state index is 0.280. The van der Waals surface area contributed by atoms with Gasteiger partial charge < -0.3 is 14.4 Å². The standard InChI is InChI=1S/C95H57BN14/c97-58-60-41-46-77-82(51-60)108(72-37-21-7-22-38-72)84-56-71(57-85-86(84)96(77)78-47-42-61(59-98)52-83(78)109(85)73-39-23-8-24-40-73)68-43-48-79-74(53-68)75-54-69(93-102-87(62-25-9-1-10-26-62)99-88(103-93)63-27-11-2-12-28-63)44-49-80(75)110(79)81-50-45-70(94-104-89(64-29-13-3-14-30-64)100-90(105-94)65-31-15-4-16-32-65)55-76(81)95-106-91(66-33-17-5-18-34-66)101-92(107-95)67-35-19-6-20-36-67/h1-57H. The number of hydrogen-bond donors (Lipinski definition) is 0. The second-order valence-electron chi connectivity index (χ2n) is 27.1. The summed E-state index contributed by atoms with van der Waals surface area (Å²) in [6.07, 6.45) is 0. The Labute approximate surface area is 633 Å². The van der Waals surface area contributed by atoms with Crippen molar-refractivity contribution < 1.29 is 0 Å². The van der Waals surface area contributed by atoms with Crippen molar-refractivity contribution in [2.24, 2.45) is 0 Å². The highest BCUT2D eigenvalue weighted by molar-refractivity contribution is 7.00. The first-order chi connectivity index (χ1) is 54.4. The molecule has 0 saturated carbocycles. The molecule has 0 radical (unpaired) electrons. The molecule has 0 amide bonds. The van der Waals surface area contributed by atoms with Crippen LogP contribution >= 0.6 is 0 Å². The van der Waals surface area contributed by atoms with E-state index in [1.54, 1.807) is 0 Å². The number of aromatic nitrogens is 10. The molecule has 0 N–H and O–H groups in total. The molecule has 4 aromatic heterocycles. The van der Waals surface area contributed by atoms with Crippen molar-refractivity contribution in [3.05, 3.63) is 357 Å². The minimum Gasteiger partial charge on any atom is -0.311 e. The molecule has 0 spiro atoms. The number of nitriles is 2. The third kappa shape index (κ3) is 11.3. The van der Waals surface area contributed by atoms with Crippen LogP contribution in [0.15, 0.2) is 346 Å². The Kier molecular flexibility index (Phi) is 15.7. The van der Waals surface area contributed by atoms with Crippen molar-refractivity contribution in [3.8, 4) is 131 Å². The molecule has 2 aliphatic heterocycles. The molecule has 6 heterocycles. The van der Waals surface area contributed by atoms with Crippen LogP contribution < -0.4 is 26.2 Å². The van der Waals surface area contributed by atoms with Crippen LogP contribution in [0.25, 0.3) is 141 Å². The summed E-state index contributed by atoms with van der Waals surface area (Å²) in [4.78, 5) is 52.2. The fraction of sp³-hybridized carbons (Fsp3) is 0. The molecular weight excluding hydrogens is 1350 g/mol. The molecule has 0 bridgehead atoms. The van der Waals surface area contributed by atoms with Crippen molar-refractivity contribution in [3.63, 3.8) is 0 Å². The third-order valence-electron chi connectivity index (χ3n) is 20.5. The maximum Gasteiger partial charge on any atom is 0.252 e. The Morgan fingerprint density at radius 2 is 0.545 bits per heavy atom. The van der Waals surface area contributed by atoms with Gasteiger partial charge >= 0.3 is 0 Å². The number of para-hydroxylation sites is 2. The molecular formula is C95H57BN14. The van der Waals surface area contributed by atoms with E-state index in [2.05, 4.69) is 154 Å². The van der Waals surface area contributed by atoms with Crippen LogP contribution in [-0.2, 0) is 0 Å². The van der Waals surface area contributed by atoms with Crippen LogP contribution in [0.1, 0.15) is 11.1 Å². The predicted octanol–water partition coefficient (Wildman–Crippen LogP) is 19.8. The number of hydrogen-bond acceptors (Lipinski definition) is 13. The van der Waals surface area contributed by atoms with E-state index in [0.29, 0.717) is 74.7 Å². The number of nitrogens with zero attached hydrogens (tertiary/aromatic N) is 14. The van der Waals surface area contributed by atoms with Crippen LogP contribution in [0.3, 0.4) is 0 Å². The normalized spacial score (nSPS) is 11.9. The summed E-state index contributed by atoms with van der Waals surface area (Å²) < 4.78 is 2.31. The van der Waals surface area contributed by atoms with E-state index in [9.17, 15) is 10.5 Å². The minimum atomic E-state index is -0.280. The van der Waals surface area contributed by atoms with Gasteiger partial charge in [-0.1, -0.05) is 237 Å². The van der Waals surface area contributed by atoms with Crippen molar-refractivity contribution >= 4 is 79.0 Å². The van der Waals surface area contributed by atoms with Crippen molar-refractivity contribution in [1.29, 1.82) is 10.5 Å². The lowest BCUT2D eigenvalue weighted by molar-refractivity contribution is 1.06. The zero-order chi connectivity index (χ0) is 73.2. The van der Waals surface area contributed by atoms with Gasteiger partial charge in [-0.3, -0.25) is 0 Å². The predicted molar refractivity (Wildman–Crippen MR) is 439 cm³/mol. The topological polar surface area (TPSA) is 175 Å². The van der Waals surface area contributed by atoms with E-state index in [-0.39, 0.29) is 6.71 Å². The van der Waals surface area contributed by atoms with Gasteiger partial charge in [0.25, 0.3) is 6.71 Å². The average Bonchev–Trinajstić information content (AvgIpc) is 0.785. The zero-order valence-electron chi connectivity index (χ0n) is 58.7. The van der Waals surface area contributed by atoms with Crippen LogP contribution in [0.4, 0.5) is 34.1 Å². The first-order valence-corrected chi connectivity index (χ1v) is 36.2. The van der Waals surface area contributed by atoms with E-state index in [1.165, 1.54) is 0 Å². The molecule has 20 rings (SSSR count). The summed E-state index contributed by atoms with van der Waals surface area (Å²) in [6.45, 7) is -0.280. The molecule has 0 unspecified atom stereocenters. The first kappa shape index (κ1) is 64.2. The van der Waals surface area contributed by atoms with Gasteiger partial charge in [-0.25, -0.2) is 44.9 Å². The summed E-state index contributed by atoms with van der Waals surface area (Å²) in [6, 6.07) is 122. The molecule has 15 heteroatoms. The van der Waals surface area contributed by atoms with Crippen molar-refractivity contribution in [1.82, 2.24) is 49.4 Å². The number of fused-ring (bicyclic) bond motifs is 7. The Balaban J connectivity index is 0.872. The Morgan fingerprint density at radius 3 is 0.909 bits per heavy atom. The zero-order valence-corrected chi connectivity index (χ0v) is 58.7. The van der Waals surface area contributed by atoms with Crippen LogP contribution in [0.2, 0.25) is 0 Å². The summed E-state index contributed by atoms with van der Waals surface area (Å²) in [5.74, 6) is 4.51. The Hall–Kier alpha value is -15.4. The van der Waals surface area contributed by atoms with Gasteiger partial charge in [-0.05, 0) is 137 Å². The van der Waals surface area contributed by atoms with Gasteiger partial charge in [0.05, 0.1) is 40.0 Å². The Morgan fingerprint density at radius 1 is 0.236 bits per heavy atom. The second-order valence-corrected chi connectivity index (χ2v) is 27.1. The van der Waals surface area contributed by atoms with Gasteiger partial charge in [-0.2, -0.15) is 10.5 Å². The van der Waals surface area contributed by atoms with Crippen molar-refractivity contribution in [2.45, 2.75) is 0 Å². The van der Waals surface area contributed by atoms with E-state index < -0.39 is 0 Å². The van der Waals surface area contributed by atoms with Gasteiger partial charge in [-0.15, -0.1) is 0 Å². The van der Waals surface area contributed by atoms with E-state index >= 15 is 0 Å². The maximum absolute atomic E-state index is 10.7. The molecule has 14 aromatic carbocycles. The lowest BCUT2D eigenvalue weighted by Crippen LogP contribution is -2.61. The highest BCUT2D eigenvalue weighted by Gasteiger charge is 2.44. The molecule has 110 heavy (non-hydrogen) atoms. The lowest BCUT2D eigenvalue weighted by atomic mass is 9.33. The molecule has 0 atom stereocenters. The fourth-order valence-electron chi connectivity index (χ4n) is 15.5. The van der Waals surface area contributed by atoms with Crippen LogP contribution in [0.5, 0.6) is 0 Å². The molecule has 0 aliphatic carbocycles. The summed E-state index contributed by atoms with van der Waals surface area (Å²) in [7, 11) is 0.